The first-order valence-electron chi connectivity index (χ1n) is 6.69. The molecule has 3 rings (SSSR count). The number of halogens is 1. The summed E-state index contributed by atoms with van der Waals surface area (Å²) in [6.45, 7) is 0. The molecule has 0 amide bonds. The molecule has 0 unspecified atom stereocenters. The van der Waals surface area contributed by atoms with Gasteiger partial charge >= 0.3 is 5.76 Å². The maximum Gasteiger partial charge on any atom is 0.419 e. The van der Waals surface area contributed by atoms with Crippen molar-refractivity contribution in [2.75, 3.05) is 4.72 Å². The predicted octanol–water partition coefficient (Wildman–Crippen LogP) is 2.73. The molecule has 0 radical (unpaired) electrons. The van der Waals surface area contributed by atoms with E-state index in [2.05, 4.69) is 4.72 Å². The van der Waals surface area contributed by atoms with Crippen LogP contribution in [0.2, 0.25) is 5.02 Å². The summed E-state index contributed by atoms with van der Waals surface area (Å²) in [7, 11) is -2.09. The summed E-state index contributed by atoms with van der Waals surface area (Å²) in [5.74, 6) is -0.745. The number of nitrogens with one attached hydrogen (secondary N) is 1. The highest BCUT2D eigenvalue weighted by atomic mass is 35.5. The van der Waals surface area contributed by atoms with Gasteiger partial charge in [0.2, 0.25) is 10.0 Å². The second kappa shape index (κ2) is 5.75. The van der Waals surface area contributed by atoms with E-state index >= 15 is 0 Å². The molecule has 2 aromatic carbocycles. The largest absolute Gasteiger partial charge is 0.419 e. The van der Waals surface area contributed by atoms with Crippen LogP contribution in [0.25, 0.3) is 11.1 Å². The Bertz CT molecular complexity index is 1040. The number of aryl methyl sites for hydroxylation is 1. The molecule has 0 fully saturated rings. The fraction of sp³-hybridized carbons (Fsp3) is 0.133. The molecular formula is C15H13ClN2O4S. The van der Waals surface area contributed by atoms with Crippen LogP contribution in [0.1, 0.15) is 5.56 Å². The molecule has 0 saturated heterocycles. The van der Waals surface area contributed by atoms with Gasteiger partial charge in [0.1, 0.15) is 0 Å². The van der Waals surface area contributed by atoms with Crippen LogP contribution in [0.5, 0.6) is 0 Å². The van der Waals surface area contributed by atoms with Crippen LogP contribution in [-0.4, -0.2) is 13.0 Å². The van der Waals surface area contributed by atoms with Crippen molar-refractivity contribution in [3.8, 4) is 0 Å². The van der Waals surface area contributed by atoms with Gasteiger partial charge in [-0.2, -0.15) is 0 Å². The number of oxazole rings is 1. The highest BCUT2D eigenvalue weighted by Crippen LogP contribution is 2.22. The van der Waals surface area contributed by atoms with Crippen molar-refractivity contribution in [1.82, 2.24) is 4.57 Å². The number of anilines is 1. The Balaban J connectivity index is 1.90. The molecule has 8 heteroatoms. The van der Waals surface area contributed by atoms with Gasteiger partial charge in [-0.05, 0) is 29.8 Å². The Morgan fingerprint density at radius 3 is 2.70 bits per heavy atom. The molecule has 0 aliphatic rings. The molecule has 0 aliphatic heterocycles. The van der Waals surface area contributed by atoms with Crippen LogP contribution in [0.15, 0.2) is 51.7 Å². The van der Waals surface area contributed by atoms with Crippen molar-refractivity contribution in [3.05, 3.63) is 63.6 Å². The molecule has 0 aliphatic carbocycles. The fourth-order valence-corrected chi connectivity index (χ4v) is 3.73. The van der Waals surface area contributed by atoms with Gasteiger partial charge in [0, 0.05) is 12.1 Å². The molecular weight excluding hydrogens is 340 g/mol. The number of fused-ring (bicyclic) bond motifs is 1. The average Bonchev–Trinajstić information content (AvgIpc) is 2.76. The molecule has 1 aromatic heterocycles. The minimum atomic E-state index is -3.64. The first kappa shape index (κ1) is 15.6. The summed E-state index contributed by atoms with van der Waals surface area (Å²) in [5.41, 5.74) is 1.76. The van der Waals surface area contributed by atoms with Crippen LogP contribution >= 0.6 is 11.6 Å². The number of aromatic nitrogens is 1. The van der Waals surface area contributed by atoms with Gasteiger partial charge < -0.3 is 4.42 Å². The normalized spacial score (nSPS) is 11.7. The summed E-state index contributed by atoms with van der Waals surface area (Å²) < 4.78 is 33.4. The van der Waals surface area contributed by atoms with Crippen LogP contribution in [-0.2, 0) is 22.8 Å². The predicted molar refractivity (Wildman–Crippen MR) is 89.2 cm³/mol. The van der Waals surface area contributed by atoms with Crippen LogP contribution in [0.4, 0.5) is 5.69 Å². The van der Waals surface area contributed by atoms with Crippen molar-refractivity contribution in [3.63, 3.8) is 0 Å². The molecule has 3 aromatic rings. The number of rotatable bonds is 4. The average molecular weight is 353 g/mol. The van der Waals surface area contributed by atoms with Crippen molar-refractivity contribution >= 4 is 38.4 Å². The maximum atomic E-state index is 12.3. The third-order valence-corrected chi connectivity index (χ3v) is 4.97. The van der Waals surface area contributed by atoms with Gasteiger partial charge in [-0.1, -0.05) is 29.8 Å². The zero-order chi connectivity index (χ0) is 16.6. The molecule has 6 nitrogen and oxygen atoms in total. The monoisotopic (exact) mass is 352 g/mol. The zero-order valence-electron chi connectivity index (χ0n) is 12.1. The second-order valence-corrected chi connectivity index (χ2v) is 7.19. The van der Waals surface area contributed by atoms with E-state index in [0.717, 1.165) is 0 Å². The Kier molecular flexibility index (Phi) is 3.91. The van der Waals surface area contributed by atoms with Gasteiger partial charge in [-0.3, -0.25) is 9.29 Å². The van der Waals surface area contributed by atoms with Crippen LogP contribution in [0.3, 0.4) is 0 Å². The third-order valence-electron chi connectivity index (χ3n) is 3.37. The zero-order valence-corrected chi connectivity index (χ0v) is 13.7. The lowest BCUT2D eigenvalue weighted by Gasteiger charge is -2.09. The molecule has 0 bridgehead atoms. The van der Waals surface area contributed by atoms with E-state index in [1.807, 2.05) is 0 Å². The van der Waals surface area contributed by atoms with Gasteiger partial charge in [-0.25, -0.2) is 13.2 Å². The number of hydrogen-bond donors (Lipinski definition) is 1. The first-order chi connectivity index (χ1) is 10.9. The van der Waals surface area contributed by atoms with E-state index in [1.54, 1.807) is 43.4 Å². The Morgan fingerprint density at radius 1 is 1.22 bits per heavy atom. The standard InChI is InChI=1S/C15H13ClN2O4S/c1-18-13-8-11(6-7-14(13)22-15(18)19)17-23(20,21)9-10-4-2-3-5-12(10)16/h2-8,17H,9H2,1H3. The summed E-state index contributed by atoms with van der Waals surface area (Å²) in [6, 6.07) is 11.4. The topological polar surface area (TPSA) is 81.3 Å². The van der Waals surface area contributed by atoms with Crippen molar-refractivity contribution < 1.29 is 12.8 Å². The second-order valence-electron chi connectivity index (χ2n) is 5.06. The fourth-order valence-electron chi connectivity index (χ4n) is 2.23. The number of sulfonamides is 1. The van der Waals surface area contributed by atoms with Crippen molar-refractivity contribution in [2.24, 2.45) is 7.05 Å². The van der Waals surface area contributed by atoms with E-state index in [4.69, 9.17) is 16.0 Å². The summed E-state index contributed by atoms with van der Waals surface area (Å²) in [4.78, 5) is 11.5. The van der Waals surface area contributed by atoms with Crippen molar-refractivity contribution in [2.45, 2.75) is 5.75 Å². The minimum absolute atomic E-state index is 0.241. The van der Waals surface area contributed by atoms with Crippen LogP contribution < -0.4 is 10.5 Å². The quantitative estimate of drug-likeness (QED) is 0.782. The number of nitrogens with zero attached hydrogens (tertiary/aromatic N) is 1. The highest BCUT2D eigenvalue weighted by Gasteiger charge is 2.15. The van der Waals surface area contributed by atoms with E-state index in [1.165, 1.54) is 10.6 Å². The molecule has 0 atom stereocenters. The Hall–Kier alpha value is -2.25. The summed E-state index contributed by atoms with van der Waals surface area (Å²) in [6.07, 6.45) is 0. The summed E-state index contributed by atoms with van der Waals surface area (Å²) in [5, 5.41) is 0.394. The Morgan fingerprint density at radius 2 is 1.96 bits per heavy atom. The minimum Gasteiger partial charge on any atom is -0.408 e. The molecule has 1 heterocycles. The molecule has 1 N–H and O–H groups in total. The van der Waals surface area contributed by atoms with E-state index in [9.17, 15) is 13.2 Å². The highest BCUT2D eigenvalue weighted by molar-refractivity contribution is 7.91. The molecule has 23 heavy (non-hydrogen) atoms. The van der Waals surface area contributed by atoms with Gasteiger partial charge in [-0.15, -0.1) is 0 Å². The van der Waals surface area contributed by atoms with Gasteiger partial charge in [0.25, 0.3) is 0 Å². The summed E-state index contributed by atoms with van der Waals surface area (Å²) >= 11 is 5.99. The lowest BCUT2D eigenvalue weighted by molar-refractivity contribution is 0.528. The lowest BCUT2D eigenvalue weighted by atomic mass is 10.2. The van der Waals surface area contributed by atoms with Gasteiger partial charge in [0.05, 0.1) is 17.0 Å². The smallest absolute Gasteiger partial charge is 0.408 e. The third kappa shape index (κ3) is 3.25. The van der Waals surface area contributed by atoms with Gasteiger partial charge in [0.15, 0.2) is 5.58 Å². The van der Waals surface area contributed by atoms with Crippen molar-refractivity contribution in [1.29, 1.82) is 0 Å². The number of benzene rings is 2. The number of hydrogen-bond acceptors (Lipinski definition) is 4. The van der Waals surface area contributed by atoms with E-state index in [-0.39, 0.29) is 5.75 Å². The van der Waals surface area contributed by atoms with E-state index in [0.29, 0.717) is 27.4 Å². The lowest BCUT2D eigenvalue weighted by Crippen LogP contribution is -2.15. The first-order valence-corrected chi connectivity index (χ1v) is 8.72. The molecule has 120 valence electrons. The SMILES string of the molecule is Cn1c(=O)oc2ccc(NS(=O)(=O)Cc3ccccc3Cl)cc21. The molecule has 0 spiro atoms. The van der Waals surface area contributed by atoms with Crippen LogP contribution in [0, 0.1) is 0 Å². The Labute approximate surface area is 137 Å². The maximum absolute atomic E-state index is 12.3. The van der Waals surface area contributed by atoms with E-state index < -0.39 is 15.8 Å². The molecule has 0 saturated carbocycles.